The minimum absolute atomic E-state index is 0.155. The molecule has 2 aromatic rings. The monoisotopic (exact) mass is 337 g/mol. The summed E-state index contributed by atoms with van der Waals surface area (Å²) in [7, 11) is 1.59. The molecule has 1 aliphatic heterocycles. The van der Waals surface area contributed by atoms with Crippen molar-refractivity contribution in [2.75, 3.05) is 33.4 Å². The molecule has 6 nitrogen and oxygen atoms in total. The number of methoxy groups -OCH3 is 1. The number of aliphatic hydroxyl groups is 1. The van der Waals surface area contributed by atoms with Crippen LogP contribution in [0, 0.1) is 0 Å². The maximum Gasteiger partial charge on any atom is 0.163 e. The number of hydrogen-bond acceptors (Lipinski definition) is 6. The van der Waals surface area contributed by atoms with E-state index in [1.54, 1.807) is 13.2 Å². The molecule has 1 aromatic carbocycles. The highest BCUT2D eigenvalue weighted by molar-refractivity contribution is 6.34. The van der Waals surface area contributed by atoms with Crippen molar-refractivity contribution in [2.24, 2.45) is 0 Å². The highest BCUT2D eigenvalue weighted by Crippen LogP contribution is 2.33. The zero-order valence-electron chi connectivity index (χ0n) is 13.0. The minimum Gasteiger partial charge on any atom is -0.493 e. The first-order valence-corrected chi connectivity index (χ1v) is 8.06. The maximum atomic E-state index is 9.52. The van der Waals surface area contributed by atoms with Crippen molar-refractivity contribution in [2.45, 2.75) is 18.9 Å². The van der Waals surface area contributed by atoms with Gasteiger partial charge in [-0.05, 0) is 18.9 Å². The molecule has 0 radical (unpaired) electrons. The summed E-state index contributed by atoms with van der Waals surface area (Å²) in [6.45, 7) is 3.18. The molecule has 2 heterocycles. The van der Waals surface area contributed by atoms with Gasteiger partial charge in [0.05, 0.1) is 18.7 Å². The smallest absolute Gasteiger partial charge is 0.163 e. The van der Waals surface area contributed by atoms with Crippen LogP contribution in [0.4, 0.5) is 0 Å². The molecule has 0 amide bonds. The van der Waals surface area contributed by atoms with E-state index in [1.165, 1.54) is 6.33 Å². The van der Waals surface area contributed by atoms with Crippen LogP contribution < -0.4 is 9.47 Å². The number of aliphatic hydroxyl groups excluding tert-OH is 1. The van der Waals surface area contributed by atoms with E-state index in [-0.39, 0.29) is 6.10 Å². The molecule has 0 bridgehead atoms. The summed E-state index contributed by atoms with van der Waals surface area (Å²) in [5.41, 5.74) is 0.724. The first-order valence-electron chi connectivity index (χ1n) is 7.69. The van der Waals surface area contributed by atoms with Crippen molar-refractivity contribution < 1.29 is 14.6 Å². The second-order valence-electron chi connectivity index (χ2n) is 5.61. The molecule has 0 atom stereocenters. The lowest BCUT2D eigenvalue weighted by Gasteiger charge is -2.29. The average Bonchev–Trinajstić information content (AvgIpc) is 2.56. The largest absolute Gasteiger partial charge is 0.493 e. The Morgan fingerprint density at radius 1 is 1.26 bits per heavy atom. The first-order chi connectivity index (χ1) is 11.2. The van der Waals surface area contributed by atoms with Crippen molar-refractivity contribution in [3.05, 3.63) is 23.6 Å². The standard InChI is InChI=1S/C16H20ClN3O3/c1-22-14-8-12-13(18-10-19-16(12)17)9-15(14)23-7-6-20-4-2-11(21)3-5-20/h8-11,21H,2-7H2,1H3. The van der Waals surface area contributed by atoms with Crippen molar-refractivity contribution >= 4 is 22.5 Å². The molecule has 1 aromatic heterocycles. The summed E-state index contributed by atoms with van der Waals surface area (Å²) in [5.74, 6) is 1.26. The summed E-state index contributed by atoms with van der Waals surface area (Å²) in [5, 5.41) is 10.7. The SMILES string of the molecule is COc1cc2c(Cl)ncnc2cc1OCCN1CCC(O)CC1. The van der Waals surface area contributed by atoms with Gasteiger partial charge in [-0.3, -0.25) is 4.90 Å². The van der Waals surface area contributed by atoms with E-state index in [4.69, 9.17) is 21.1 Å². The van der Waals surface area contributed by atoms with Crippen molar-refractivity contribution in [1.82, 2.24) is 14.9 Å². The zero-order valence-corrected chi connectivity index (χ0v) is 13.8. The molecule has 1 aliphatic rings. The molecule has 1 saturated heterocycles. The van der Waals surface area contributed by atoms with E-state index in [0.717, 1.165) is 43.4 Å². The van der Waals surface area contributed by atoms with Crippen LogP contribution in [0.15, 0.2) is 18.5 Å². The van der Waals surface area contributed by atoms with Crippen molar-refractivity contribution in [3.8, 4) is 11.5 Å². The quantitative estimate of drug-likeness (QED) is 0.843. The number of benzene rings is 1. The molecule has 23 heavy (non-hydrogen) atoms. The van der Waals surface area contributed by atoms with Gasteiger partial charge in [-0.2, -0.15) is 0 Å². The van der Waals surface area contributed by atoms with Crippen LogP contribution in [0.5, 0.6) is 11.5 Å². The molecule has 0 spiro atoms. The van der Waals surface area contributed by atoms with Crippen LogP contribution in [0.1, 0.15) is 12.8 Å². The number of halogens is 1. The van der Waals surface area contributed by atoms with Gasteiger partial charge in [0.1, 0.15) is 18.1 Å². The lowest BCUT2D eigenvalue weighted by Crippen LogP contribution is -2.38. The van der Waals surface area contributed by atoms with E-state index in [9.17, 15) is 5.11 Å². The third-order valence-electron chi connectivity index (χ3n) is 4.09. The van der Waals surface area contributed by atoms with Gasteiger partial charge in [0.15, 0.2) is 11.5 Å². The fraction of sp³-hybridized carbons (Fsp3) is 0.500. The summed E-state index contributed by atoms with van der Waals surface area (Å²) in [4.78, 5) is 10.5. The summed E-state index contributed by atoms with van der Waals surface area (Å²) in [6, 6.07) is 3.62. The predicted octanol–water partition coefficient (Wildman–Crippen LogP) is 2.13. The Morgan fingerprint density at radius 2 is 2.04 bits per heavy atom. The van der Waals surface area contributed by atoms with Crippen LogP contribution in [0.2, 0.25) is 5.15 Å². The zero-order chi connectivity index (χ0) is 16.2. The van der Waals surface area contributed by atoms with Gasteiger partial charge in [-0.25, -0.2) is 9.97 Å². The van der Waals surface area contributed by atoms with Crippen LogP contribution in [-0.4, -0.2) is 59.4 Å². The van der Waals surface area contributed by atoms with E-state index < -0.39 is 0 Å². The van der Waals surface area contributed by atoms with Crippen molar-refractivity contribution in [3.63, 3.8) is 0 Å². The van der Waals surface area contributed by atoms with E-state index in [2.05, 4.69) is 14.9 Å². The highest BCUT2D eigenvalue weighted by atomic mass is 35.5. The molecule has 0 aliphatic carbocycles. The summed E-state index contributed by atoms with van der Waals surface area (Å²) < 4.78 is 11.3. The molecule has 3 rings (SSSR count). The van der Waals surface area contributed by atoms with Crippen LogP contribution in [0.25, 0.3) is 10.9 Å². The van der Waals surface area contributed by atoms with Gasteiger partial charge in [0, 0.05) is 31.1 Å². The normalized spacial score (nSPS) is 16.7. The molecule has 0 saturated carbocycles. The number of ether oxygens (including phenoxy) is 2. The topological polar surface area (TPSA) is 67.7 Å². The average molecular weight is 338 g/mol. The lowest BCUT2D eigenvalue weighted by atomic mass is 10.1. The van der Waals surface area contributed by atoms with Gasteiger partial charge in [-0.15, -0.1) is 0 Å². The van der Waals surface area contributed by atoms with Gasteiger partial charge in [-0.1, -0.05) is 11.6 Å². The fourth-order valence-corrected chi connectivity index (χ4v) is 2.93. The van der Waals surface area contributed by atoms with E-state index in [0.29, 0.717) is 23.3 Å². The van der Waals surface area contributed by atoms with Gasteiger partial charge >= 0.3 is 0 Å². The lowest BCUT2D eigenvalue weighted by molar-refractivity contribution is 0.0753. The second kappa shape index (κ2) is 7.29. The highest BCUT2D eigenvalue weighted by Gasteiger charge is 2.17. The number of fused-ring (bicyclic) bond motifs is 1. The third-order valence-corrected chi connectivity index (χ3v) is 4.40. The summed E-state index contributed by atoms with van der Waals surface area (Å²) >= 11 is 6.08. The third kappa shape index (κ3) is 3.83. The Morgan fingerprint density at radius 3 is 2.78 bits per heavy atom. The minimum atomic E-state index is -0.155. The predicted molar refractivity (Wildman–Crippen MR) is 88.3 cm³/mol. The number of nitrogens with zero attached hydrogens (tertiary/aromatic N) is 3. The van der Waals surface area contributed by atoms with E-state index in [1.807, 2.05) is 6.07 Å². The molecule has 124 valence electrons. The molecule has 1 N–H and O–H groups in total. The van der Waals surface area contributed by atoms with Crippen LogP contribution >= 0.6 is 11.6 Å². The summed E-state index contributed by atoms with van der Waals surface area (Å²) in [6.07, 6.45) is 2.93. The first kappa shape index (κ1) is 16.2. The van der Waals surface area contributed by atoms with Gasteiger partial charge < -0.3 is 14.6 Å². The Kier molecular flexibility index (Phi) is 5.15. The number of piperidine rings is 1. The Bertz CT molecular complexity index is 675. The van der Waals surface area contributed by atoms with Gasteiger partial charge in [0.25, 0.3) is 0 Å². The molecule has 0 unspecified atom stereocenters. The molecular formula is C16H20ClN3O3. The number of aromatic nitrogens is 2. The number of rotatable bonds is 5. The van der Waals surface area contributed by atoms with Crippen molar-refractivity contribution in [1.29, 1.82) is 0 Å². The van der Waals surface area contributed by atoms with Crippen LogP contribution in [0.3, 0.4) is 0 Å². The number of likely N-dealkylation sites (tertiary alicyclic amines) is 1. The van der Waals surface area contributed by atoms with Crippen LogP contribution in [-0.2, 0) is 0 Å². The maximum absolute atomic E-state index is 9.52. The molecular weight excluding hydrogens is 318 g/mol. The van der Waals surface area contributed by atoms with E-state index >= 15 is 0 Å². The molecule has 1 fully saturated rings. The molecule has 7 heteroatoms. The Hall–Kier alpha value is -1.63. The Balaban J connectivity index is 1.67. The Labute approximate surface area is 140 Å². The number of hydrogen-bond donors (Lipinski definition) is 1. The van der Waals surface area contributed by atoms with Gasteiger partial charge in [0.2, 0.25) is 0 Å². The second-order valence-corrected chi connectivity index (χ2v) is 5.96. The fourth-order valence-electron chi connectivity index (χ4n) is 2.73.